The molecule has 9 heteroatoms. The predicted molar refractivity (Wildman–Crippen MR) is 104 cm³/mol. The summed E-state index contributed by atoms with van der Waals surface area (Å²) in [5.74, 6) is -1.80. The van der Waals surface area contributed by atoms with E-state index in [0.29, 0.717) is 10.6 Å². The van der Waals surface area contributed by atoms with Gasteiger partial charge in [0.15, 0.2) is 6.61 Å². The number of thiophene rings is 1. The average Bonchev–Trinajstić information content (AvgIpc) is 2.96. The largest absolute Gasteiger partial charge is 0.459 e. The van der Waals surface area contributed by atoms with Gasteiger partial charge in [0.2, 0.25) is 5.91 Å². The van der Waals surface area contributed by atoms with Crippen LogP contribution in [0, 0.1) is 0 Å². The van der Waals surface area contributed by atoms with Crippen molar-refractivity contribution in [3.63, 3.8) is 0 Å². The maximum Gasteiger partial charge on any atom is 0.341 e. The zero-order chi connectivity index (χ0) is 20.7. The Morgan fingerprint density at radius 2 is 1.86 bits per heavy atom. The summed E-state index contributed by atoms with van der Waals surface area (Å²) in [6, 6.07) is 0. The quantitative estimate of drug-likeness (QED) is 0.636. The van der Waals surface area contributed by atoms with Crippen molar-refractivity contribution < 1.29 is 28.7 Å². The Kier molecular flexibility index (Phi) is 7.98. The number of carbonyl (C=O) groups is 4. The fourth-order valence-electron chi connectivity index (χ4n) is 2.86. The summed E-state index contributed by atoms with van der Waals surface area (Å²) < 4.78 is 10.3. The first-order valence-electron chi connectivity index (χ1n) is 9.33. The van der Waals surface area contributed by atoms with Gasteiger partial charge in [-0.3, -0.25) is 14.4 Å². The lowest BCUT2D eigenvalue weighted by molar-refractivity contribution is -0.147. The van der Waals surface area contributed by atoms with E-state index in [4.69, 9.17) is 9.47 Å². The van der Waals surface area contributed by atoms with Crippen LogP contribution < -0.4 is 10.6 Å². The third-order valence-electron chi connectivity index (χ3n) is 4.04. The van der Waals surface area contributed by atoms with Gasteiger partial charge in [-0.2, -0.15) is 0 Å². The summed E-state index contributed by atoms with van der Waals surface area (Å²) in [4.78, 5) is 48.2. The van der Waals surface area contributed by atoms with Gasteiger partial charge in [-0.25, -0.2) is 4.79 Å². The maximum atomic E-state index is 12.5. The molecule has 1 aromatic heterocycles. The lowest BCUT2D eigenvalue weighted by Crippen LogP contribution is -2.26. The molecule has 1 heterocycles. The van der Waals surface area contributed by atoms with Crippen LogP contribution in [0.2, 0.25) is 0 Å². The van der Waals surface area contributed by atoms with Gasteiger partial charge in [0.1, 0.15) is 5.00 Å². The van der Waals surface area contributed by atoms with Gasteiger partial charge in [-0.05, 0) is 45.1 Å². The van der Waals surface area contributed by atoms with E-state index in [0.717, 1.165) is 36.1 Å². The Morgan fingerprint density at radius 3 is 2.54 bits per heavy atom. The monoisotopic (exact) mass is 410 g/mol. The van der Waals surface area contributed by atoms with E-state index >= 15 is 0 Å². The van der Waals surface area contributed by atoms with E-state index in [1.54, 1.807) is 13.8 Å². The highest BCUT2D eigenvalue weighted by Crippen LogP contribution is 2.38. The second-order valence-corrected chi connectivity index (χ2v) is 7.92. The van der Waals surface area contributed by atoms with Crippen molar-refractivity contribution in [2.24, 2.45) is 0 Å². The van der Waals surface area contributed by atoms with Crippen molar-refractivity contribution in [2.45, 2.75) is 59.0 Å². The summed E-state index contributed by atoms with van der Waals surface area (Å²) in [7, 11) is 0. The molecule has 2 N–H and O–H groups in total. The number of esters is 2. The molecule has 0 unspecified atom stereocenters. The summed E-state index contributed by atoms with van der Waals surface area (Å²) in [6.07, 6.45) is 3.40. The average molecular weight is 410 g/mol. The maximum absolute atomic E-state index is 12.5. The van der Waals surface area contributed by atoms with Crippen molar-refractivity contribution in [1.29, 1.82) is 0 Å². The summed E-state index contributed by atoms with van der Waals surface area (Å²) in [6.45, 7) is 4.59. The zero-order valence-corrected chi connectivity index (χ0v) is 17.2. The van der Waals surface area contributed by atoms with Gasteiger partial charge in [0.05, 0.1) is 18.1 Å². The van der Waals surface area contributed by atoms with Gasteiger partial charge in [-0.1, -0.05) is 0 Å². The summed E-state index contributed by atoms with van der Waals surface area (Å²) in [5.41, 5.74) is 1.36. The van der Waals surface area contributed by atoms with Crippen LogP contribution in [0.25, 0.3) is 0 Å². The number of aryl methyl sites for hydroxylation is 1. The highest BCUT2D eigenvalue weighted by Gasteiger charge is 2.28. The number of ether oxygens (including phenoxy) is 2. The third kappa shape index (κ3) is 6.33. The van der Waals surface area contributed by atoms with E-state index in [9.17, 15) is 19.2 Å². The first kappa shape index (κ1) is 21.9. The van der Waals surface area contributed by atoms with Gasteiger partial charge >= 0.3 is 11.9 Å². The van der Waals surface area contributed by atoms with E-state index in [1.807, 2.05) is 0 Å². The molecule has 0 radical (unpaired) electrons. The van der Waals surface area contributed by atoms with Gasteiger partial charge in [0.25, 0.3) is 5.91 Å². The molecule has 28 heavy (non-hydrogen) atoms. The zero-order valence-electron chi connectivity index (χ0n) is 16.4. The lowest BCUT2D eigenvalue weighted by Gasteiger charge is -2.14. The number of carbonyl (C=O) groups excluding carboxylic acids is 4. The number of hydrogen-bond acceptors (Lipinski definition) is 7. The highest BCUT2D eigenvalue weighted by molar-refractivity contribution is 7.17. The van der Waals surface area contributed by atoms with E-state index in [2.05, 4.69) is 10.6 Å². The van der Waals surface area contributed by atoms with Gasteiger partial charge in [0, 0.05) is 18.3 Å². The van der Waals surface area contributed by atoms with Crippen molar-refractivity contribution in [2.75, 3.05) is 18.5 Å². The number of anilines is 1. The van der Waals surface area contributed by atoms with E-state index in [1.165, 1.54) is 18.3 Å². The number of nitrogens with one attached hydrogen (secondary N) is 2. The van der Waals surface area contributed by atoms with Crippen molar-refractivity contribution in [3.8, 4) is 0 Å². The molecule has 154 valence electrons. The molecule has 2 amide bonds. The molecule has 0 bridgehead atoms. The Morgan fingerprint density at radius 1 is 1.14 bits per heavy atom. The number of fused-ring (bicyclic) bond motifs is 1. The summed E-state index contributed by atoms with van der Waals surface area (Å²) >= 11 is 1.38. The number of hydrogen-bond donors (Lipinski definition) is 2. The molecule has 1 aliphatic rings. The standard InChI is InChI=1S/C19H26N2O6S/c1-11(2)27-19(25)17-13-6-4-5-7-14(13)28-18(17)21-15(23)10-26-16(24)8-9-20-12(3)22/h11H,4-10H2,1-3H3,(H,20,22)(H,21,23). The molecule has 0 fully saturated rings. The number of amides is 2. The van der Waals surface area contributed by atoms with Crippen LogP contribution in [0.5, 0.6) is 0 Å². The predicted octanol–water partition coefficient (Wildman–Crippen LogP) is 2.20. The Hall–Kier alpha value is -2.42. The van der Waals surface area contributed by atoms with Crippen molar-refractivity contribution in [3.05, 3.63) is 16.0 Å². The molecule has 0 aliphatic heterocycles. The molecule has 0 spiro atoms. The van der Waals surface area contributed by atoms with Crippen LogP contribution in [0.15, 0.2) is 0 Å². The lowest BCUT2D eigenvalue weighted by atomic mass is 9.95. The van der Waals surface area contributed by atoms with Crippen LogP contribution in [0.3, 0.4) is 0 Å². The topological polar surface area (TPSA) is 111 Å². The number of rotatable bonds is 8. The molecule has 0 atom stereocenters. The molecular formula is C19H26N2O6S. The summed E-state index contributed by atoms with van der Waals surface area (Å²) in [5, 5.41) is 5.60. The first-order chi connectivity index (χ1) is 13.3. The van der Waals surface area contributed by atoms with E-state index in [-0.39, 0.29) is 25.0 Å². The smallest absolute Gasteiger partial charge is 0.341 e. The van der Waals surface area contributed by atoms with Crippen LogP contribution >= 0.6 is 11.3 Å². The second kappa shape index (κ2) is 10.2. The van der Waals surface area contributed by atoms with Crippen LogP contribution in [-0.2, 0) is 36.7 Å². The van der Waals surface area contributed by atoms with Gasteiger partial charge in [-0.15, -0.1) is 11.3 Å². The first-order valence-corrected chi connectivity index (χ1v) is 10.1. The van der Waals surface area contributed by atoms with Gasteiger partial charge < -0.3 is 20.1 Å². The Bertz CT molecular complexity index is 756. The molecular weight excluding hydrogens is 384 g/mol. The normalized spacial score (nSPS) is 12.9. The second-order valence-electron chi connectivity index (χ2n) is 6.81. The molecule has 1 aliphatic carbocycles. The molecule has 0 aromatic carbocycles. The third-order valence-corrected chi connectivity index (χ3v) is 5.25. The highest BCUT2D eigenvalue weighted by atomic mass is 32.1. The van der Waals surface area contributed by atoms with Crippen molar-refractivity contribution in [1.82, 2.24) is 5.32 Å². The molecule has 0 saturated heterocycles. The minimum atomic E-state index is -0.589. The minimum absolute atomic E-state index is 0.0217. The van der Waals surface area contributed by atoms with E-state index < -0.39 is 24.5 Å². The van der Waals surface area contributed by atoms with Crippen LogP contribution in [0.4, 0.5) is 5.00 Å². The molecule has 0 saturated carbocycles. The minimum Gasteiger partial charge on any atom is -0.459 e. The molecule has 8 nitrogen and oxygen atoms in total. The Balaban J connectivity index is 1.99. The molecule has 1 aromatic rings. The molecule has 2 rings (SSSR count). The van der Waals surface area contributed by atoms with Crippen LogP contribution in [0.1, 0.15) is 60.8 Å². The van der Waals surface area contributed by atoms with Crippen LogP contribution in [-0.4, -0.2) is 43.0 Å². The Labute approximate surface area is 168 Å². The SMILES string of the molecule is CC(=O)NCCC(=O)OCC(=O)Nc1sc2c(c1C(=O)OC(C)C)CCCC2. The fraction of sp³-hybridized carbons (Fsp3) is 0.579. The van der Waals surface area contributed by atoms with Crippen molar-refractivity contribution >= 4 is 40.1 Å². The fourth-order valence-corrected chi connectivity index (χ4v) is 4.16.